The van der Waals surface area contributed by atoms with Crippen molar-refractivity contribution in [3.8, 4) is 18.1 Å². The standard InChI is InChI=1S/C29H24N4O6/c1-2-20(18-8-4-3-5-9-18)30-23-24(27(36)26(23)35)31-21-11-6-10-19(25(21)34)28(37)32-13-15-33(16-14-32)29(38)22-12-7-17-39-22/h1,3-12,17,20,30-31,34H,13-16H2/t20-/m1/s1. The van der Waals surface area contributed by atoms with Crippen molar-refractivity contribution in [3.05, 3.63) is 104 Å². The molecule has 10 heteroatoms. The maximum Gasteiger partial charge on any atom is 0.289 e. The highest BCUT2D eigenvalue weighted by Gasteiger charge is 2.29. The Hall–Kier alpha value is -5.30. The Labute approximate surface area is 223 Å². The monoisotopic (exact) mass is 524 g/mol. The number of carbonyl (C=O) groups excluding carboxylic acids is 2. The zero-order chi connectivity index (χ0) is 27.5. The van der Waals surface area contributed by atoms with Gasteiger partial charge in [0.25, 0.3) is 22.7 Å². The Morgan fingerprint density at radius 3 is 2.18 bits per heavy atom. The molecule has 196 valence electrons. The molecule has 1 fully saturated rings. The molecule has 3 N–H and O–H groups in total. The van der Waals surface area contributed by atoms with Crippen LogP contribution in [0.2, 0.25) is 0 Å². The first-order valence-electron chi connectivity index (χ1n) is 12.2. The van der Waals surface area contributed by atoms with E-state index in [1.807, 2.05) is 6.07 Å². The van der Waals surface area contributed by atoms with E-state index < -0.39 is 22.8 Å². The number of benzene rings is 2. The molecule has 0 aliphatic carbocycles. The summed E-state index contributed by atoms with van der Waals surface area (Å²) in [5, 5.41) is 16.6. The average Bonchev–Trinajstić information content (AvgIpc) is 3.52. The van der Waals surface area contributed by atoms with Gasteiger partial charge in [-0.05, 0) is 29.8 Å². The molecule has 0 radical (unpaired) electrons. The Morgan fingerprint density at radius 1 is 0.872 bits per heavy atom. The maximum absolute atomic E-state index is 13.2. The number of para-hydroxylation sites is 1. The van der Waals surface area contributed by atoms with E-state index in [9.17, 15) is 24.3 Å². The number of phenolic OH excluding ortho intramolecular Hbond substituents is 1. The number of furan rings is 1. The number of nitrogens with one attached hydrogen (secondary N) is 2. The molecule has 3 aromatic carbocycles. The van der Waals surface area contributed by atoms with Crippen LogP contribution in [0.25, 0.3) is 0 Å². The Bertz CT molecular complexity index is 1620. The molecule has 5 rings (SSSR count). The molecule has 1 saturated heterocycles. The molecule has 2 heterocycles. The van der Waals surface area contributed by atoms with Crippen molar-refractivity contribution in [3.63, 3.8) is 0 Å². The first-order chi connectivity index (χ1) is 18.9. The van der Waals surface area contributed by atoms with E-state index in [-0.39, 0.29) is 53.1 Å². The van der Waals surface area contributed by atoms with Crippen molar-refractivity contribution in [2.24, 2.45) is 0 Å². The molecule has 1 atom stereocenters. The molecule has 2 amide bonds. The molecule has 1 aromatic heterocycles. The second kappa shape index (κ2) is 10.6. The normalized spacial score (nSPS) is 14.0. The predicted octanol–water partition coefficient (Wildman–Crippen LogP) is 2.71. The third kappa shape index (κ3) is 4.85. The second-order valence-corrected chi connectivity index (χ2v) is 8.95. The molecule has 4 aromatic rings. The molecule has 0 unspecified atom stereocenters. The van der Waals surface area contributed by atoms with Crippen molar-refractivity contribution in [2.75, 3.05) is 36.8 Å². The van der Waals surface area contributed by atoms with Gasteiger partial charge in [-0.2, -0.15) is 0 Å². The number of hydrogen-bond donors (Lipinski definition) is 3. The predicted molar refractivity (Wildman–Crippen MR) is 145 cm³/mol. The van der Waals surface area contributed by atoms with Crippen LogP contribution < -0.4 is 21.5 Å². The molecule has 0 bridgehead atoms. The maximum atomic E-state index is 13.2. The van der Waals surface area contributed by atoms with Crippen LogP contribution in [0.5, 0.6) is 5.75 Å². The van der Waals surface area contributed by atoms with E-state index in [1.54, 1.807) is 47.4 Å². The quantitative estimate of drug-likeness (QED) is 0.191. The van der Waals surface area contributed by atoms with E-state index in [2.05, 4.69) is 16.6 Å². The van der Waals surface area contributed by atoms with Crippen LogP contribution in [0, 0.1) is 12.3 Å². The fraction of sp³-hybridized carbons (Fsp3) is 0.172. The van der Waals surface area contributed by atoms with Gasteiger partial charge in [-0.1, -0.05) is 42.3 Å². The third-order valence-corrected chi connectivity index (χ3v) is 6.61. The van der Waals surface area contributed by atoms with E-state index in [4.69, 9.17) is 10.8 Å². The van der Waals surface area contributed by atoms with Crippen molar-refractivity contribution in [1.82, 2.24) is 9.80 Å². The number of rotatable bonds is 7. The number of terminal acetylenes is 1. The molecule has 1 aliphatic heterocycles. The molecule has 10 nitrogen and oxygen atoms in total. The van der Waals surface area contributed by atoms with Gasteiger partial charge in [0, 0.05) is 26.2 Å². The van der Waals surface area contributed by atoms with Gasteiger partial charge in [-0.3, -0.25) is 19.2 Å². The van der Waals surface area contributed by atoms with Crippen LogP contribution in [0.15, 0.2) is 80.9 Å². The lowest BCUT2D eigenvalue weighted by Crippen LogP contribution is -2.50. The summed E-state index contributed by atoms with van der Waals surface area (Å²) in [6.07, 6.45) is 7.07. The Morgan fingerprint density at radius 2 is 1.54 bits per heavy atom. The number of piperazine rings is 1. The summed E-state index contributed by atoms with van der Waals surface area (Å²) < 4.78 is 5.16. The van der Waals surface area contributed by atoms with Gasteiger partial charge >= 0.3 is 0 Å². The van der Waals surface area contributed by atoms with Crippen LogP contribution in [-0.4, -0.2) is 52.9 Å². The van der Waals surface area contributed by atoms with Crippen molar-refractivity contribution in [1.29, 1.82) is 0 Å². The van der Waals surface area contributed by atoms with Gasteiger partial charge in [0.15, 0.2) is 11.5 Å². The molecule has 0 spiro atoms. The number of phenols is 1. The minimum atomic E-state index is -0.769. The topological polar surface area (TPSA) is 132 Å². The fourth-order valence-corrected chi connectivity index (χ4v) is 4.45. The van der Waals surface area contributed by atoms with Crippen LogP contribution in [0.3, 0.4) is 0 Å². The summed E-state index contributed by atoms with van der Waals surface area (Å²) in [4.78, 5) is 53.5. The summed E-state index contributed by atoms with van der Waals surface area (Å²) in [6.45, 7) is 1.14. The molecular weight excluding hydrogens is 500 g/mol. The van der Waals surface area contributed by atoms with Gasteiger partial charge in [-0.15, -0.1) is 6.42 Å². The highest BCUT2D eigenvalue weighted by molar-refractivity contribution is 5.99. The second-order valence-electron chi connectivity index (χ2n) is 8.95. The summed E-state index contributed by atoms with van der Waals surface area (Å²) in [5.41, 5.74) is -0.719. The van der Waals surface area contributed by atoms with E-state index >= 15 is 0 Å². The lowest BCUT2D eigenvalue weighted by molar-refractivity contribution is 0.0516. The lowest BCUT2D eigenvalue weighted by Gasteiger charge is -2.34. The molecular formula is C29H24N4O6. The first-order valence-corrected chi connectivity index (χ1v) is 12.2. The van der Waals surface area contributed by atoms with Crippen LogP contribution in [0.4, 0.5) is 17.1 Å². The van der Waals surface area contributed by atoms with Gasteiger partial charge in [0.1, 0.15) is 17.4 Å². The van der Waals surface area contributed by atoms with E-state index in [0.29, 0.717) is 13.1 Å². The molecule has 39 heavy (non-hydrogen) atoms. The number of anilines is 3. The number of hydrogen-bond acceptors (Lipinski definition) is 8. The minimum Gasteiger partial charge on any atom is -0.505 e. The van der Waals surface area contributed by atoms with Gasteiger partial charge in [0.2, 0.25) is 0 Å². The highest BCUT2D eigenvalue weighted by atomic mass is 16.3. The van der Waals surface area contributed by atoms with Crippen LogP contribution in [-0.2, 0) is 0 Å². The van der Waals surface area contributed by atoms with Gasteiger partial charge in [0.05, 0.1) is 17.5 Å². The Kier molecular flexibility index (Phi) is 6.89. The van der Waals surface area contributed by atoms with Gasteiger partial charge in [-0.25, -0.2) is 0 Å². The molecule has 1 aliphatic rings. The summed E-state index contributed by atoms with van der Waals surface area (Å²) in [6, 6.07) is 16.1. The highest BCUT2D eigenvalue weighted by Crippen LogP contribution is 2.33. The van der Waals surface area contributed by atoms with Crippen LogP contribution >= 0.6 is 0 Å². The Balaban J connectivity index is 1.30. The first kappa shape index (κ1) is 25.4. The number of amides is 2. The summed E-state index contributed by atoms with van der Waals surface area (Å²) in [5.74, 6) is 1.74. The lowest BCUT2D eigenvalue weighted by atomic mass is 10.1. The summed E-state index contributed by atoms with van der Waals surface area (Å²) in [7, 11) is 0. The van der Waals surface area contributed by atoms with Crippen molar-refractivity contribution in [2.45, 2.75) is 6.04 Å². The van der Waals surface area contributed by atoms with E-state index in [0.717, 1.165) is 5.56 Å². The van der Waals surface area contributed by atoms with Gasteiger partial charge < -0.3 is 30.0 Å². The van der Waals surface area contributed by atoms with Crippen molar-refractivity contribution >= 4 is 28.9 Å². The fourth-order valence-electron chi connectivity index (χ4n) is 4.45. The van der Waals surface area contributed by atoms with Crippen LogP contribution in [0.1, 0.15) is 32.5 Å². The zero-order valence-electron chi connectivity index (χ0n) is 20.7. The average molecular weight is 525 g/mol. The smallest absolute Gasteiger partial charge is 0.289 e. The summed E-state index contributed by atoms with van der Waals surface area (Å²) >= 11 is 0. The SMILES string of the molecule is C#C[C@@H](Nc1c(Nc2cccc(C(=O)N3CCN(C(=O)c4ccco4)CC3)c2O)c(=O)c1=O)c1ccccc1. The number of carbonyl (C=O) groups is 2. The third-order valence-electron chi connectivity index (χ3n) is 6.61. The largest absolute Gasteiger partial charge is 0.505 e. The van der Waals surface area contributed by atoms with Crippen molar-refractivity contribution < 1.29 is 19.1 Å². The molecule has 0 saturated carbocycles. The minimum absolute atomic E-state index is 0.000258. The van der Waals surface area contributed by atoms with E-state index in [1.165, 1.54) is 23.3 Å². The zero-order valence-corrected chi connectivity index (χ0v) is 20.7. The number of aromatic hydroxyl groups is 1. The number of nitrogens with zero attached hydrogens (tertiary/aromatic N) is 2.